The summed E-state index contributed by atoms with van der Waals surface area (Å²) in [5.74, 6) is -2.06. The molecular formula is C14H9F6N3O3. The fraction of sp³-hybridized carbons (Fsp3) is 0.357. The van der Waals surface area contributed by atoms with Gasteiger partial charge in [-0.2, -0.15) is 26.3 Å². The normalized spacial score (nSPS) is 18.9. The molecule has 1 aliphatic heterocycles. The number of alkyl halides is 6. The Morgan fingerprint density at radius 1 is 1.27 bits per heavy atom. The molecule has 12 heteroatoms. The van der Waals surface area contributed by atoms with Crippen molar-refractivity contribution in [3.8, 4) is 12.3 Å². The maximum Gasteiger partial charge on any atom is 0.416 e. The van der Waals surface area contributed by atoms with Gasteiger partial charge in [0.15, 0.2) is 0 Å². The third-order valence-electron chi connectivity index (χ3n) is 3.58. The number of halogens is 6. The molecular weight excluding hydrogens is 372 g/mol. The Hall–Kier alpha value is -2.81. The monoisotopic (exact) mass is 381 g/mol. The molecule has 0 spiro atoms. The SMILES string of the molecule is C#CCN1CC(C(F)(F)F)C(=O)N1c1ccc(C(F)(F)F)cc1[N+](=O)[O-]. The smallest absolute Gasteiger partial charge is 0.272 e. The Morgan fingerprint density at radius 3 is 2.35 bits per heavy atom. The van der Waals surface area contributed by atoms with E-state index in [4.69, 9.17) is 6.42 Å². The van der Waals surface area contributed by atoms with Crippen LogP contribution in [-0.4, -0.2) is 35.1 Å². The van der Waals surface area contributed by atoms with E-state index in [0.717, 1.165) is 5.01 Å². The van der Waals surface area contributed by atoms with Gasteiger partial charge in [0.1, 0.15) is 11.6 Å². The number of nitrogens with zero attached hydrogens (tertiary/aromatic N) is 3. The number of anilines is 1. The molecule has 1 atom stereocenters. The summed E-state index contributed by atoms with van der Waals surface area (Å²) < 4.78 is 77.2. The van der Waals surface area contributed by atoms with E-state index in [1.165, 1.54) is 0 Å². The van der Waals surface area contributed by atoms with E-state index in [1.807, 2.05) is 5.92 Å². The van der Waals surface area contributed by atoms with Gasteiger partial charge in [-0.05, 0) is 12.1 Å². The summed E-state index contributed by atoms with van der Waals surface area (Å²) in [4.78, 5) is 22.1. The summed E-state index contributed by atoms with van der Waals surface area (Å²) in [5, 5.41) is 12.2. The third kappa shape index (κ3) is 3.57. The average molecular weight is 381 g/mol. The number of carbonyl (C=O) groups is 1. The largest absolute Gasteiger partial charge is 0.416 e. The molecule has 6 nitrogen and oxygen atoms in total. The van der Waals surface area contributed by atoms with Gasteiger partial charge in [0.05, 0.1) is 17.0 Å². The lowest BCUT2D eigenvalue weighted by molar-refractivity contribution is -0.384. The van der Waals surface area contributed by atoms with E-state index in [2.05, 4.69) is 0 Å². The summed E-state index contributed by atoms with van der Waals surface area (Å²) in [6, 6.07) is 1.16. The van der Waals surface area contributed by atoms with Crippen LogP contribution in [0.3, 0.4) is 0 Å². The van der Waals surface area contributed by atoms with E-state index in [1.54, 1.807) is 0 Å². The first-order valence-corrected chi connectivity index (χ1v) is 6.82. The molecule has 0 saturated carbocycles. The van der Waals surface area contributed by atoms with Gasteiger partial charge >= 0.3 is 12.4 Å². The third-order valence-corrected chi connectivity index (χ3v) is 3.58. The summed E-state index contributed by atoms with van der Waals surface area (Å²) in [6.45, 7) is -1.40. The minimum atomic E-state index is -4.95. The molecule has 2 rings (SSSR count). The molecule has 1 saturated heterocycles. The highest BCUT2D eigenvalue weighted by atomic mass is 19.4. The number of hydrogen-bond acceptors (Lipinski definition) is 4. The second-order valence-electron chi connectivity index (χ2n) is 5.25. The molecule has 0 aliphatic carbocycles. The van der Waals surface area contributed by atoms with Gasteiger partial charge in [0, 0.05) is 12.6 Å². The molecule has 1 unspecified atom stereocenters. The molecule has 0 N–H and O–H groups in total. The van der Waals surface area contributed by atoms with Crippen LogP contribution in [0.15, 0.2) is 18.2 Å². The first kappa shape index (κ1) is 19.5. The zero-order valence-electron chi connectivity index (χ0n) is 12.6. The molecule has 140 valence electrons. The number of hydrazine groups is 1. The maximum absolute atomic E-state index is 13.0. The van der Waals surface area contributed by atoms with E-state index < -0.39 is 59.1 Å². The van der Waals surface area contributed by atoms with Crippen molar-refractivity contribution in [1.29, 1.82) is 0 Å². The average Bonchev–Trinajstić information content (AvgIpc) is 2.82. The number of carbonyl (C=O) groups excluding carboxylic acids is 1. The highest BCUT2D eigenvalue weighted by Gasteiger charge is 2.54. The molecule has 1 aromatic rings. The Kier molecular flexibility index (Phi) is 4.87. The minimum absolute atomic E-state index is 0.150. The lowest BCUT2D eigenvalue weighted by Gasteiger charge is -2.25. The fourth-order valence-corrected chi connectivity index (χ4v) is 2.44. The van der Waals surface area contributed by atoms with Gasteiger partial charge in [-0.3, -0.25) is 14.9 Å². The molecule has 0 aromatic heterocycles. The number of hydrogen-bond donors (Lipinski definition) is 0. The maximum atomic E-state index is 13.0. The number of nitro groups is 1. The minimum Gasteiger partial charge on any atom is -0.272 e. The molecule has 0 radical (unpaired) electrons. The molecule has 1 fully saturated rings. The van der Waals surface area contributed by atoms with Crippen LogP contribution < -0.4 is 5.01 Å². The quantitative estimate of drug-likeness (QED) is 0.350. The molecule has 1 aliphatic rings. The first-order valence-electron chi connectivity index (χ1n) is 6.82. The molecule has 0 bridgehead atoms. The van der Waals surface area contributed by atoms with Gasteiger partial charge in [-0.25, -0.2) is 10.0 Å². The van der Waals surface area contributed by atoms with Crippen molar-refractivity contribution in [2.24, 2.45) is 5.92 Å². The van der Waals surface area contributed by atoms with Crippen LogP contribution in [-0.2, 0) is 11.0 Å². The highest BCUT2D eigenvalue weighted by Crippen LogP contribution is 2.41. The zero-order valence-corrected chi connectivity index (χ0v) is 12.6. The summed E-state index contributed by atoms with van der Waals surface area (Å²) in [5.41, 5.74) is -3.27. The highest BCUT2D eigenvalue weighted by molar-refractivity contribution is 5.98. The van der Waals surface area contributed by atoms with Crippen molar-refractivity contribution in [2.75, 3.05) is 18.1 Å². The van der Waals surface area contributed by atoms with Crippen molar-refractivity contribution in [1.82, 2.24) is 5.01 Å². The van der Waals surface area contributed by atoms with Gasteiger partial charge in [0.2, 0.25) is 0 Å². The van der Waals surface area contributed by atoms with Gasteiger partial charge in [-0.1, -0.05) is 5.92 Å². The fourth-order valence-electron chi connectivity index (χ4n) is 2.44. The summed E-state index contributed by atoms with van der Waals surface area (Å²) >= 11 is 0. The van der Waals surface area contributed by atoms with E-state index in [9.17, 15) is 41.3 Å². The van der Waals surface area contributed by atoms with Crippen molar-refractivity contribution < 1.29 is 36.1 Å². The Labute approximate surface area is 142 Å². The van der Waals surface area contributed by atoms with Crippen molar-refractivity contribution in [2.45, 2.75) is 12.4 Å². The predicted molar refractivity (Wildman–Crippen MR) is 75.5 cm³/mol. The molecule has 1 aromatic carbocycles. The molecule has 1 amide bonds. The van der Waals surface area contributed by atoms with Crippen molar-refractivity contribution in [3.63, 3.8) is 0 Å². The number of terminal acetylenes is 1. The lowest BCUT2D eigenvalue weighted by Crippen LogP contribution is -2.40. The molecule has 1 heterocycles. The molecule has 26 heavy (non-hydrogen) atoms. The Morgan fingerprint density at radius 2 is 1.88 bits per heavy atom. The first-order chi connectivity index (χ1) is 11.9. The topological polar surface area (TPSA) is 66.7 Å². The number of benzene rings is 1. The van der Waals surface area contributed by atoms with Gasteiger partial charge in [0.25, 0.3) is 11.6 Å². The number of nitro benzene ring substituents is 1. The van der Waals surface area contributed by atoms with Crippen LogP contribution in [0.1, 0.15) is 5.56 Å². The second kappa shape index (κ2) is 6.49. The lowest BCUT2D eigenvalue weighted by atomic mass is 10.1. The van der Waals surface area contributed by atoms with Gasteiger partial charge in [-0.15, -0.1) is 6.42 Å². The Bertz CT molecular complexity index is 784. The van der Waals surface area contributed by atoms with Crippen LogP contribution in [0.5, 0.6) is 0 Å². The van der Waals surface area contributed by atoms with E-state index >= 15 is 0 Å². The summed E-state index contributed by atoms with van der Waals surface area (Å²) in [6.07, 6.45) is -4.82. The Balaban J connectivity index is 2.59. The van der Waals surface area contributed by atoms with Crippen LogP contribution >= 0.6 is 0 Å². The van der Waals surface area contributed by atoms with Crippen molar-refractivity contribution in [3.05, 3.63) is 33.9 Å². The summed E-state index contributed by atoms with van der Waals surface area (Å²) in [7, 11) is 0. The van der Waals surface area contributed by atoms with Gasteiger partial charge < -0.3 is 0 Å². The van der Waals surface area contributed by atoms with E-state index in [-0.39, 0.29) is 6.07 Å². The number of rotatable bonds is 3. The predicted octanol–water partition coefficient (Wildman–Crippen LogP) is 2.99. The van der Waals surface area contributed by atoms with Crippen molar-refractivity contribution >= 4 is 17.3 Å². The standard InChI is InChI=1S/C14H9F6N3O3/c1-2-5-21-7-9(14(18,19)20)12(24)22(21)10-4-3-8(13(15,16)17)6-11(10)23(25)26/h1,3-4,6,9H,5,7H2. The van der Waals surface area contributed by atoms with E-state index in [0.29, 0.717) is 17.1 Å². The van der Waals surface area contributed by atoms with Crippen LogP contribution in [0.2, 0.25) is 0 Å². The zero-order chi connectivity index (χ0) is 19.9. The van der Waals surface area contributed by atoms with Crippen LogP contribution in [0, 0.1) is 28.4 Å². The number of amides is 1. The van der Waals surface area contributed by atoms with Crippen LogP contribution in [0.4, 0.5) is 37.7 Å². The van der Waals surface area contributed by atoms with Crippen LogP contribution in [0.25, 0.3) is 0 Å². The second-order valence-corrected chi connectivity index (χ2v) is 5.25.